The molecule has 13 heavy (non-hydrogen) atoms. The molecule has 0 fully saturated rings. The van der Waals surface area contributed by atoms with E-state index in [1.54, 1.807) is 12.4 Å². The molecule has 0 aliphatic carbocycles. The van der Waals surface area contributed by atoms with E-state index in [9.17, 15) is 4.79 Å². The molecule has 1 rings (SSSR count). The van der Waals surface area contributed by atoms with Crippen LogP contribution < -0.4 is 0 Å². The van der Waals surface area contributed by atoms with Gasteiger partial charge in [0.2, 0.25) is 0 Å². The highest BCUT2D eigenvalue weighted by molar-refractivity contribution is 5.77. The topological polar surface area (TPSA) is 62.5 Å². The Kier molecular flexibility index (Phi) is 3.63. The summed E-state index contributed by atoms with van der Waals surface area (Å²) in [5.74, 6) is -0.835. The molecule has 0 aromatic carbocycles. The Morgan fingerprint density at radius 3 is 3.08 bits per heavy atom. The van der Waals surface area contributed by atoms with Crippen LogP contribution in [0.5, 0.6) is 0 Å². The lowest BCUT2D eigenvalue weighted by atomic mass is 10.4. The summed E-state index contributed by atoms with van der Waals surface area (Å²) >= 11 is 0. The van der Waals surface area contributed by atoms with Crippen LogP contribution in [0.1, 0.15) is 12.1 Å². The molecule has 0 bridgehead atoms. The van der Waals surface area contributed by atoms with Crippen molar-refractivity contribution >= 4 is 12.2 Å². The standard InChI is InChI=1S/C9H10N2O2/c12-9(13)4-6-10-7-8-3-1-2-5-11-8/h1-3,5,7H,4,6H2,(H,12,13)/b10-7+. The van der Waals surface area contributed by atoms with E-state index < -0.39 is 5.97 Å². The van der Waals surface area contributed by atoms with E-state index in [0.717, 1.165) is 5.69 Å². The Balaban J connectivity index is 2.37. The molecule has 0 saturated carbocycles. The zero-order valence-electron chi connectivity index (χ0n) is 7.05. The lowest BCUT2D eigenvalue weighted by molar-refractivity contribution is -0.136. The quantitative estimate of drug-likeness (QED) is 0.699. The molecule has 4 heteroatoms. The lowest BCUT2D eigenvalue weighted by Gasteiger charge is -1.90. The van der Waals surface area contributed by atoms with Crippen molar-refractivity contribution in [3.8, 4) is 0 Å². The van der Waals surface area contributed by atoms with Gasteiger partial charge in [-0.1, -0.05) is 6.07 Å². The number of aliphatic carboxylic acids is 1. The summed E-state index contributed by atoms with van der Waals surface area (Å²) in [4.78, 5) is 18.0. The van der Waals surface area contributed by atoms with Gasteiger partial charge in [0.05, 0.1) is 12.1 Å². The second kappa shape index (κ2) is 5.03. The molecule has 0 saturated heterocycles. The first kappa shape index (κ1) is 9.38. The fourth-order valence-corrected chi connectivity index (χ4v) is 0.771. The van der Waals surface area contributed by atoms with E-state index in [2.05, 4.69) is 9.98 Å². The van der Waals surface area contributed by atoms with Gasteiger partial charge in [0.1, 0.15) is 0 Å². The van der Waals surface area contributed by atoms with E-state index in [4.69, 9.17) is 5.11 Å². The van der Waals surface area contributed by atoms with Gasteiger partial charge in [-0.3, -0.25) is 14.8 Å². The Labute approximate surface area is 76.0 Å². The van der Waals surface area contributed by atoms with Gasteiger partial charge in [0.15, 0.2) is 0 Å². The predicted molar refractivity (Wildman–Crippen MR) is 49.0 cm³/mol. The molecule has 0 aliphatic heterocycles. The molecule has 4 nitrogen and oxygen atoms in total. The van der Waals surface area contributed by atoms with Gasteiger partial charge in [0.25, 0.3) is 0 Å². The van der Waals surface area contributed by atoms with E-state index >= 15 is 0 Å². The maximum atomic E-state index is 10.1. The van der Waals surface area contributed by atoms with E-state index in [0.29, 0.717) is 6.54 Å². The molecule has 0 atom stereocenters. The van der Waals surface area contributed by atoms with Crippen molar-refractivity contribution in [2.45, 2.75) is 6.42 Å². The monoisotopic (exact) mass is 178 g/mol. The van der Waals surface area contributed by atoms with Crippen LogP contribution in [0.25, 0.3) is 0 Å². The van der Waals surface area contributed by atoms with Crippen molar-refractivity contribution < 1.29 is 9.90 Å². The molecule has 0 radical (unpaired) electrons. The first-order valence-electron chi connectivity index (χ1n) is 3.91. The largest absolute Gasteiger partial charge is 0.481 e. The summed E-state index contributed by atoms with van der Waals surface area (Å²) in [6.45, 7) is 0.298. The number of carboxylic acids is 1. The van der Waals surface area contributed by atoms with Crippen LogP contribution in [0, 0.1) is 0 Å². The van der Waals surface area contributed by atoms with Gasteiger partial charge in [-0.2, -0.15) is 0 Å². The smallest absolute Gasteiger partial charge is 0.305 e. The van der Waals surface area contributed by atoms with Gasteiger partial charge < -0.3 is 5.11 Å². The fourth-order valence-electron chi connectivity index (χ4n) is 0.771. The number of aliphatic imine (C=N–C) groups is 1. The summed E-state index contributed by atoms with van der Waals surface area (Å²) in [5, 5.41) is 8.32. The van der Waals surface area contributed by atoms with Crippen LogP contribution in [0.4, 0.5) is 0 Å². The highest BCUT2D eigenvalue weighted by Crippen LogP contribution is 1.89. The number of rotatable bonds is 4. The Morgan fingerprint density at radius 2 is 2.46 bits per heavy atom. The van der Waals surface area contributed by atoms with E-state index in [1.165, 1.54) is 0 Å². The van der Waals surface area contributed by atoms with Crippen LogP contribution in [0.15, 0.2) is 29.4 Å². The summed E-state index contributed by atoms with van der Waals surface area (Å²) in [6.07, 6.45) is 3.30. The predicted octanol–water partition coefficient (Wildman–Crippen LogP) is 0.975. The lowest BCUT2D eigenvalue weighted by Crippen LogP contribution is -1.97. The van der Waals surface area contributed by atoms with Crippen molar-refractivity contribution in [1.82, 2.24) is 4.98 Å². The van der Waals surface area contributed by atoms with Crippen LogP contribution >= 0.6 is 0 Å². The van der Waals surface area contributed by atoms with Crippen molar-refractivity contribution in [2.24, 2.45) is 4.99 Å². The maximum absolute atomic E-state index is 10.1. The number of hydrogen-bond acceptors (Lipinski definition) is 3. The molecule has 0 amide bonds. The van der Waals surface area contributed by atoms with Crippen molar-refractivity contribution in [3.05, 3.63) is 30.1 Å². The minimum atomic E-state index is -0.835. The average molecular weight is 178 g/mol. The minimum absolute atomic E-state index is 0.0589. The molecule has 1 aromatic heterocycles. The van der Waals surface area contributed by atoms with Gasteiger partial charge in [-0.15, -0.1) is 0 Å². The number of aromatic nitrogens is 1. The Bertz CT molecular complexity index is 296. The number of pyridine rings is 1. The summed E-state index contributed by atoms with van der Waals surface area (Å²) < 4.78 is 0. The van der Waals surface area contributed by atoms with E-state index in [1.807, 2.05) is 18.2 Å². The van der Waals surface area contributed by atoms with Gasteiger partial charge in [0, 0.05) is 19.0 Å². The van der Waals surface area contributed by atoms with Crippen molar-refractivity contribution in [1.29, 1.82) is 0 Å². The highest BCUT2D eigenvalue weighted by atomic mass is 16.4. The molecule has 1 aromatic rings. The normalized spacial score (nSPS) is 10.5. The van der Waals surface area contributed by atoms with Crippen LogP contribution in [0.3, 0.4) is 0 Å². The summed E-state index contributed by atoms with van der Waals surface area (Å²) in [5.41, 5.74) is 0.743. The van der Waals surface area contributed by atoms with Gasteiger partial charge in [-0.05, 0) is 12.1 Å². The van der Waals surface area contributed by atoms with Gasteiger partial charge in [-0.25, -0.2) is 0 Å². The number of carbonyl (C=O) groups is 1. The minimum Gasteiger partial charge on any atom is -0.481 e. The zero-order chi connectivity index (χ0) is 9.52. The van der Waals surface area contributed by atoms with Crippen molar-refractivity contribution in [2.75, 3.05) is 6.54 Å². The summed E-state index contributed by atoms with van der Waals surface area (Å²) in [7, 11) is 0. The fraction of sp³-hybridized carbons (Fsp3) is 0.222. The Hall–Kier alpha value is -1.71. The second-order valence-electron chi connectivity index (χ2n) is 2.43. The van der Waals surface area contributed by atoms with Gasteiger partial charge >= 0.3 is 5.97 Å². The molecule has 1 N–H and O–H groups in total. The number of nitrogens with zero attached hydrogens (tertiary/aromatic N) is 2. The first-order chi connectivity index (χ1) is 6.29. The van der Waals surface area contributed by atoms with Crippen molar-refractivity contribution in [3.63, 3.8) is 0 Å². The molecule has 0 spiro atoms. The number of hydrogen-bond donors (Lipinski definition) is 1. The number of carboxylic acid groups (broad SMARTS) is 1. The van der Waals surface area contributed by atoms with E-state index in [-0.39, 0.29) is 6.42 Å². The van der Waals surface area contributed by atoms with Crippen LogP contribution in [0.2, 0.25) is 0 Å². The molecule has 1 heterocycles. The molecule has 0 unspecified atom stereocenters. The maximum Gasteiger partial charge on any atom is 0.305 e. The van der Waals surface area contributed by atoms with Crippen LogP contribution in [-0.4, -0.2) is 28.8 Å². The zero-order valence-corrected chi connectivity index (χ0v) is 7.05. The third-order valence-corrected chi connectivity index (χ3v) is 1.37. The SMILES string of the molecule is O=C(O)CC/N=C/c1ccccn1. The second-order valence-corrected chi connectivity index (χ2v) is 2.43. The summed E-state index contributed by atoms with van der Waals surface area (Å²) in [6, 6.07) is 5.48. The molecular weight excluding hydrogens is 168 g/mol. The first-order valence-corrected chi connectivity index (χ1v) is 3.91. The molecular formula is C9H10N2O2. The van der Waals surface area contributed by atoms with Crippen LogP contribution in [-0.2, 0) is 4.79 Å². The molecule has 0 aliphatic rings. The molecule has 68 valence electrons. The highest BCUT2D eigenvalue weighted by Gasteiger charge is 1.92. The third-order valence-electron chi connectivity index (χ3n) is 1.37. The Morgan fingerprint density at radius 1 is 1.62 bits per heavy atom. The third kappa shape index (κ3) is 4.00. The average Bonchev–Trinajstić information content (AvgIpc) is 2.14.